The lowest BCUT2D eigenvalue weighted by molar-refractivity contribution is 0.101. The minimum absolute atomic E-state index is 0.0886. The van der Waals surface area contributed by atoms with Crippen LogP contribution in [-0.2, 0) is 0 Å². The van der Waals surface area contributed by atoms with Gasteiger partial charge in [0.1, 0.15) is 11.5 Å². The molecule has 148 valence electrons. The molecule has 0 atom stereocenters. The van der Waals surface area contributed by atoms with E-state index in [9.17, 15) is 9.59 Å². The SMILES string of the molecule is CC(=O)c1sc(NC(=O)c2ccc(Oc3ccccc3)cc2)nc1-c1ccccc1. The highest BCUT2D eigenvalue weighted by atomic mass is 32.1. The van der Waals surface area contributed by atoms with Gasteiger partial charge in [0.2, 0.25) is 0 Å². The number of nitrogens with zero attached hydrogens (tertiary/aromatic N) is 1. The van der Waals surface area contributed by atoms with Crippen molar-refractivity contribution in [3.05, 3.63) is 95.4 Å². The molecule has 1 heterocycles. The van der Waals surface area contributed by atoms with Crippen LogP contribution in [0.3, 0.4) is 0 Å². The highest BCUT2D eigenvalue weighted by Crippen LogP contribution is 2.32. The Balaban J connectivity index is 1.50. The highest BCUT2D eigenvalue weighted by molar-refractivity contribution is 7.18. The molecule has 0 aliphatic heterocycles. The van der Waals surface area contributed by atoms with Gasteiger partial charge in [0.15, 0.2) is 10.9 Å². The molecule has 0 saturated heterocycles. The van der Waals surface area contributed by atoms with Gasteiger partial charge in [-0.15, -0.1) is 0 Å². The second-order valence-electron chi connectivity index (χ2n) is 6.51. The summed E-state index contributed by atoms with van der Waals surface area (Å²) in [6.07, 6.45) is 0. The summed E-state index contributed by atoms with van der Waals surface area (Å²) in [6, 6.07) is 25.7. The molecule has 1 amide bonds. The van der Waals surface area contributed by atoms with Crippen LogP contribution in [0.4, 0.5) is 5.13 Å². The maximum absolute atomic E-state index is 12.6. The van der Waals surface area contributed by atoms with Crippen molar-refractivity contribution in [3.8, 4) is 22.8 Å². The Morgan fingerprint density at radius 1 is 0.833 bits per heavy atom. The van der Waals surface area contributed by atoms with Crippen LogP contribution in [0, 0.1) is 0 Å². The highest BCUT2D eigenvalue weighted by Gasteiger charge is 2.18. The molecule has 6 heteroatoms. The lowest BCUT2D eigenvalue weighted by Gasteiger charge is -2.06. The first kappa shape index (κ1) is 19.5. The zero-order chi connectivity index (χ0) is 20.9. The molecule has 5 nitrogen and oxygen atoms in total. The van der Waals surface area contributed by atoms with Gasteiger partial charge >= 0.3 is 0 Å². The molecule has 3 aromatic carbocycles. The van der Waals surface area contributed by atoms with Crippen molar-refractivity contribution < 1.29 is 14.3 Å². The van der Waals surface area contributed by atoms with E-state index in [0.717, 1.165) is 11.3 Å². The van der Waals surface area contributed by atoms with Crippen molar-refractivity contribution in [2.24, 2.45) is 0 Å². The topological polar surface area (TPSA) is 68.3 Å². The van der Waals surface area contributed by atoms with Gasteiger partial charge in [0.05, 0.1) is 10.6 Å². The largest absolute Gasteiger partial charge is 0.457 e. The maximum atomic E-state index is 12.6. The molecule has 0 saturated carbocycles. The quantitative estimate of drug-likeness (QED) is 0.390. The smallest absolute Gasteiger partial charge is 0.257 e. The Morgan fingerprint density at radius 2 is 1.43 bits per heavy atom. The Kier molecular flexibility index (Phi) is 5.68. The number of anilines is 1. The molecule has 0 fully saturated rings. The fraction of sp³-hybridized carbons (Fsp3) is 0.0417. The van der Waals surface area contributed by atoms with Crippen molar-refractivity contribution in [1.29, 1.82) is 0 Å². The zero-order valence-corrected chi connectivity index (χ0v) is 17.0. The number of carbonyl (C=O) groups excluding carboxylic acids is 2. The number of nitrogens with one attached hydrogen (secondary N) is 1. The van der Waals surface area contributed by atoms with Crippen LogP contribution >= 0.6 is 11.3 Å². The molecule has 0 aliphatic carbocycles. The van der Waals surface area contributed by atoms with Crippen molar-refractivity contribution in [3.63, 3.8) is 0 Å². The second-order valence-corrected chi connectivity index (χ2v) is 7.51. The Morgan fingerprint density at radius 3 is 2.07 bits per heavy atom. The molecular weight excluding hydrogens is 396 g/mol. The van der Waals surface area contributed by atoms with Gasteiger partial charge in [-0.3, -0.25) is 14.9 Å². The summed E-state index contributed by atoms with van der Waals surface area (Å²) < 4.78 is 5.75. The van der Waals surface area contributed by atoms with E-state index >= 15 is 0 Å². The lowest BCUT2D eigenvalue weighted by atomic mass is 10.1. The summed E-state index contributed by atoms with van der Waals surface area (Å²) in [7, 11) is 0. The minimum atomic E-state index is -0.301. The van der Waals surface area contributed by atoms with E-state index < -0.39 is 0 Å². The predicted molar refractivity (Wildman–Crippen MR) is 118 cm³/mol. The fourth-order valence-electron chi connectivity index (χ4n) is 2.87. The first-order valence-electron chi connectivity index (χ1n) is 9.31. The van der Waals surface area contributed by atoms with E-state index in [-0.39, 0.29) is 11.7 Å². The van der Waals surface area contributed by atoms with Crippen LogP contribution in [0.15, 0.2) is 84.9 Å². The Hall–Kier alpha value is -3.77. The van der Waals surface area contributed by atoms with Gasteiger partial charge in [0, 0.05) is 18.1 Å². The number of rotatable bonds is 6. The van der Waals surface area contributed by atoms with Crippen molar-refractivity contribution in [2.45, 2.75) is 6.92 Å². The number of carbonyl (C=O) groups is 2. The van der Waals surface area contributed by atoms with Crippen LogP contribution in [0.2, 0.25) is 0 Å². The van der Waals surface area contributed by atoms with Gasteiger partial charge in [-0.25, -0.2) is 4.98 Å². The zero-order valence-electron chi connectivity index (χ0n) is 16.2. The van der Waals surface area contributed by atoms with E-state index in [4.69, 9.17) is 4.74 Å². The minimum Gasteiger partial charge on any atom is -0.457 e. The number of ether oxygens (including phenoxy) is 1. The van der Waals surface area contributed by atoms with Crippen LogP contribution in [0.5, 0.6) is 11.5 Å². The van der Waals surface area contributed by atoms with E-state index in [2.05, 4.69) is 10.3 Å². The summed E-state index contributed by atoms with van der Waals surface area (Å²) in [6.45, 7) is 1.50. The van der Waals surface area contributed by atoms with E-state index in [1.54, 1.807) is 24.3 Å². The van der Waals surface area contributed by atoms with Crippen molar-refractivity contribution >= 4 is 28.2 Å². The Labute approximate surface area is 178 Å². The number of para-hydroxylation sites is 1. The Bertz CT molecular complexity index is 1170. The van der Waals surface area contributed by atoms with Gasteiger partial charge in [-0.2, -0.15) is 0 Å². The average Bonchev–Trinajstić information content (AvgIpc) is 3.20. The van der Waals surface area contributed by atoms with E-state index in [1.807, 2.05) is 60.7 Å². The lowest BCUT2D eigenvalue weighted by Crippen LogP contribution is -2.11. The number of thiazole rings is 1. The van der Waals surface area contributed by atoms with Crippen molar-refractivity contribution in [2.75, 3.05) is 5.32 Å². The van der Waals surface area contributed by atoms with Gasteiger partial charge in [0.25, 0.3) is 5.91 Å². The van der Waals surface area contributed by atoms with Crippen molar-refractivity contribution in [1.82, 2.24) is 4.98 Å². The first-order valence-corrected chi connectivity index (χ1v) is 10.1. The number of amides is 1. The predicted octanol–water partition coefficient (Wildman–Crippen LogP) is 6.06. The summed E-state index contributed by atoms with van der Waals surface area (Å²) in [5.74, 6) is 0.971. The fourth-order valence-corrected chi connectivity index (χ4v) is 3.75. The van der Waals surface area contributed by atoms with Gasteiger partial charge in [-0.05, 0) is 36.4 Å². The maximum Gasteiger partial charge on any atom is 0.257 e. The first-order chi connectivity index (χ1) is 14.6. The summed E-state index contributed by atoms with van der Waals surface area (Å²) in [5, 5.41) is 3.17. The third-order valence-corrected chi connectivity index (χ3v) is 5.38. The molecule has 1 N–H and O–H groups in total. The van der Waals surface area contributed by atoms with Crippen LogP contribution in [-0.4, -0.2) is 16.7 Å². The molecule has 4 aromatic rings. The van der Waals surface area contributed by atoms with Crippen LogP contribution < -0.4 is 10.1 Å². The van der Waals surface area contributed by atoms with Gasteiger partial charge in [-0.1, -0.05) is 59.9 Å². The summed E-state index contributed by atoms with van der Waals surface area (Å²) in [5.41, 5.74) is 1.88. The van der Waals surface area contributed by atoms with Crippen LogP contribution in [0.25, 0.3) is 11.3 Å². The van der Waals surface area contributed by atoms with Gasteiger partial charge < -0.3 is 4.74 Å². The molecule has 0 radical (unpaired) electrons. The molecular formula is C24H18N2O3S. The number of Topliss-reactive ketones (excluding diaryl/α,β-unsaturated/α-hetero) is 1. The monoisotopic (exact) mass is 414 g/mol. The third kappa shape index (κ3) is 4.45. The average molecular weight is 414 g/mol. The van der Waals surface area contributed by atoms with E-state index in [0.29, 0.717) is 27.0 Å². The van der Waals surface area contributed by atoms with Crippen LogP contribution in [0.1, 0.15) is 27.0 Å². The summed E-state index contributed by atoms with van der Waals surface area (Å²) in [4.78, 5) is 29.7. The molecule has 0 aliphatic rings. The number of hydrogen-bond donors (Lipinski definition) is 1. The molecule has 0 bridgehead atoms. The summed E-state index contributed by atoms with van der Waals surface area (Å²) >= 11 is 1.17. The number of benzene rings is 3. The molecule has 0 unspecified atom stereocenters. The number of ketones is 1. The number of hydrogen-bond acceptors (Lipinski definition) is 5. The molecule has 30 heavy (non-hydrogen) atoms. The molecule has 4 rings (SSSR count). The molecule has 0 spiro atoms. The second kappa shape index (κ2) is 8.71. The molecule has 1 aromatic heterocycles. The standard InChI is InChI=1S/C24H18N2O3S/c1-16(27)22-21(17-8-4-2-5-9-17)25-24(30-22)26-23(28)18-12-14-20(15-13-18)29-19-10-6-3-7-11-19/h2-15H,1H3,(H,25,26,28). The number of aromatic nitrogens is 1. The third-order valence-electron chi connectivity index (χ3n) is 4.31. The van der Waals surface area contributed by atoms with E-state index in [1.165, 1.54) is 18.3 Å². The normalized spacial score (nSPS) is 10.4.